The number of ether oxygens (including phenoxy) is 1. The maximum Gasteiger partial charge on any atom is 0.332 e. The van der Waals surface area contributed by atoms with E-state index < -0.39 is 17.2 Å². The number of para-hydroxylation sites is 1. The highest BCUT2D eigenvalue weighted by Crippen LogP contribution is 2.27. The van der Waals surface area contributed by atoms with Crippen LogP contribution in [0.15, 0.2) is 46.0 Å². The number of aromatic nitrogens is 6. The molecule has 0 aliphatic rings. The van der Waals surface area contributed by atoms with Crippen molar-refractivity contribution in [3.63, 3.8) is 0 Å². The third-order valence-corrected chi connectivity index (χ3v) is 4.61. The van der Waals surface area contributed by atoms with E-state index in [2.05, 4.69) is 25.5 Å². The van der Waals surface area contributed by atoms with Crippen molar-refractivity contribution in [1.29, 1.82) is 0 Å². The molecule has 4 aromatic rings. The third-order valence-electron chi connectivity index (χ3n) is 4.61. The molecule has 0 fully saturated rings. The molecule has 0 bridgehead atoms. The summed E-state index contributed by atoms with van der Waals surface area (Å²) in [5.41, 5.74) is -0.214. The maximum absolute atomic E-state index is 12.6. The number of anilines is 1. The van der Waals surface area contributed by atoms with Gasteiger partial charge in [0, 0.05) is 14.1 Å². The van der Waals surface area contributed by atoms with Crippen molar-refractivity contribution < 1.29 is 9.53 Å². The number of carbonyl (C=O) groups excluding carboxylic acids is 1. The van der Waals surface area contributed by atoms with E-state index in [1.165, 1.54) is 30.8 Å². The molecule has 1 aromatic carbocycles. The predicted octanol–water partition coefficient (Wildman–Crippen LogP) is 0.678. The Morgan fingerprint density at radius 3 is 2.60 bits per heavy atom. The van der Waals surface area contributed by atoms with Gasteiger partial charge in [0.15, 0.2) is 5.82 Å². The topological polar surface area (TPSA) is 137 Å². The number of aromatic amines is 1. The van der Waals surface area contributed by atoms with Crippen LogP contribution in [0.3, 0.4) is 0 Å². The molecule has 11 heteroatoms. The van der Waals surface area contributed by atoms with Crippen LogP contribution in [0.5, 0.6) is 5.75 Å². The fourth-order valence-electron chi connectivity index (χ4n) is 3.02. The molecule has 3 heterocycles. The van der Waals surface area contributed by atoms with Crippen LogP contribution in [-0.2, 0) is 14.1 Å². The number of pyridine rings is 1. The lowest BCUT2D eigenvalue weighted by Gasteiger charge is -2.07. The SMILES string of the molecule is COc1ccccc1-c1nc(NC(=O)c2ccc3c(=O)n(C)c(=O)n(C)c3n2)n[nH]1. The summed E-state index contributed by atoms with van der Waals surface area (Å²) >= 11 is 0. The molecule has 2 N–H and O–H groups in total. The van der Waals surface area contributed by atoms with E-state index in [0.717, 1.165) is 4.57 Å². The van der Waals surface area contributed by atoms with E-state index in [1.807, 2.05) is 12.1 Å². The number of hydrogen-bond acceptors (Lipinski definition) is 7. The lowest BCUT2D eigenvalue weighted by atomic mass is 10.2. The molecule has 0 saturated heterocycles. The Labute approximate surface area is 169 Å². The molecule has 11 nitrogen and oxygen atoms in total. The molecule has 152 valence electrons. The minimum absolute atomic E-state index is 0.00870. The number of nitrogens with zero attached hydrogens (tertiary/aromatic N) is 5. The highest BCUT2D eigenvalue weighted by molar-refractivity contribution is 6.03. The first-order valence-corrected chi connectivity index (χ1v) is 8.84. The monoisotopic (exact) mass is 407 g/mol. The molecule has 0 spiro atoms. The number of rotatable bonds is 4. The molecule has 0 saturated carbocycles. The first-order chi connectivity index (χ1) is 14.4. The highest BCUT2D eigenvalue weighted by atomic mass is 16.5. The summed E-state index contributed by atoms with van der Waals surface area (Å²) in [4.78, 5) is 45.4. The predicted molar refractivity (Wildman–Crippen MR) is 109 cm³/mol. The fourth-order valence-corrected chi connectivity index (χ4v) is 3.02. The minimum atomic E-state index is -0.587. The van der Waals surface area contributed by atoms with Gasteiger partial charge in [-0.05, 0) is 24.3 Å². The van der Waals surface area contributed by atoms with Crippen molar-refractivity contribution in [2.75, 3.05) is 12.4 Å². The minimum Gasteiger partial charge on any atom is -0.496 e. The van der Waals surface area contributed by atoms with Gasteiger partial charge in [-0.2, -0.15) is 4.98 Å². The zero-order chi connectivity index (χ0) is 21.4. The first-order valence-electron chi connectivity index (χ1n) is 8.84. The molecule has 0 unspecified atom stereocenters. The molecule has 0 radical (unpaired) electrons. The lowest BCUT2D eigenvalue weighted by molar-refractivity contribution is 0.102. The lowest BCUT2D eigenvalue weighted by Crippen LogP contribution is -2.37. The summed E-state index contributed by atoms with van der Waals surface area (Å²) in [7, 11) is 4.41. The van der Waals surface area contributed by atoms with Gasteiger partial charge in [-0.1, -0.05) is 12.1 Å². The molecular formula is C19H17N7O4. The number of fused-ring (bicyclic) bond motifs is 1. The van der Waals surface area contributed by atoms with Crippen molar-refractivity contribution in [2.24, 2.45) is 14.1 Å². The van der Waals surface area contributed by atoms with Crippen molar-refractivity contribution in [3.8, 4) is 17.1 Å². The number of methoxy groups -OCH3 is 1. The quantitative estimate of drug-likeness (QED) is 0.507. The maximum atomic E-state index is 12.6. The molecule has 3 aromatic heterocycles. The van der Waals surface area contributed by atoms with Crippen LogP contribution in [0.4, 0.5) is 5.95 Å². The summed E-state index contributed by atoms with van der Waals surface area (Å²) in [6, 6.07) is 10.1. The van der Waals surface area contributed by atoms with Crippen LogP contribution in [0.2, 0.25) is 0 Å². The Morgan fingerprint density at radius 1 is 1.07 bits per heavy atom. The first kappa shape index (κ1) is 19.1. The number of aryl methyl sites for hydroxylation is 1. The van der Waals surface area contributed by atoms with Gasteiger partial charge in [-0.15, -0.1) is 5.10 Å². The fraction of sp³-hybridized carbons (Fsp3) is 0.158. The summed E-state index contributed by atoms with van der Waals surface area (Å²) in [5, 5.41) is 9.51. The van der Waals surface area contributed by atoms with Crippen LogP contribution < -0.4 is 21.3 Å². The zero-order valence-electron chi connectivity index (χ0n) is 16.3. The van der Waals surface area contributed by atoms with E-state index >= 15 is 0 Å². The van der Waals surface area contributed by atoms with Gasteiger partial charge in [0.2, 0.25) is 5.95 Å². The average Bonchev–Trinajstić information content (AvgIpc) is 3.23. The van der Waals surface area contributed by atoms with Gasteiger partial charge in [0.25, 0.3) is 11.5 Å². The van der Waals surface area contributed by atoms with Crippen LogP contribution in [0.1, 0.15) is 10.5 Å². The Hall–Kier alpha value is -4.28. The Balaban J connectivity index is 1.65. The summed E-state index contributed by atoms with van der Waals surface area (Å²) in [6.07, 6.45) is 0. The molecule has 1 amide bonds. The number of H-pyrrole nitrogens is 1. The van der Waals surface area contributed by atoms with Crippen LogP contribution >= 0.6 is 0 Å². The van der Waals surface area contributed by atoms with E-state index in [9.17, 15) is 14.4 Å². The number of amides is 1. The highest BCUT2D eigenvalue weighted by Gasteiger charge is 2.16. The van der Waals surface area contributed by atoms with E-state index in [4.69, 9.17) is 4.74 Å². The van der Waals surface area contributed by atoms with Gasteiger partial charge >= 0.3 is 5.69 Å². The standard InChI is InChI=1S/C19H17N7O4/c1-25-15-11(17(28)26(2)19(25)29)8-9-12(20-15)16(27)22-18-21-14(23-24-18)10-6-4-5-7-13(10)30-3/h4-9H,1-3H3,(H2,21,22,23,24,27). The molecule has 0 atom stereocenters. The van der Waals surface area contributed by atoms with E-state index in [-0.39, 0.29) is 22.7 Å². The summed E-state index contributed by atoms with van der Waals surface area (Å²) < 4.78 is 7.49. The third kappa shape index (κ3) is 3.11. The Bertz CT molecular complexity index is 1400. The van der Waals surface area contributed by atoms with Gasteiger partial charge in [-0.3, -0.25) is 29.1 Å². The number of carbonyl (C=O) groups is 1. The number of benzene rings is 1. The normalized spacial score (nSPS) is 10.9. The second-order valence-electron chi connectivity index (χ2n) is 6.44. The molecule has 0 aliphatic heterocycles. The number of nitrogens with one attached hydrogen (secondary N) is 2. The van der Waals surface area contributed by atoms with Crippen molar-refractivity contribution in [2.45, 2.75) is 0 Å². The molecule has 30 heavy (non-hydrogen) atoms. The van der Waals surface area contributed by atoms with Crippen molar-refractivity contribution in [3.05, 3.63) is 62.9 Å². The van der Waals surface area contributed by atoms with Gasteiger partial charge < -0.3 is 4.74 Å². The zero-order valence-corrected chi connectivity index (χ0v) is 16.3. The summed E-state index contributed by atoms with van der Waals surface area (Å²) in [6.45, 7) is 0. The summed E-state index contributed by atoms with van der Waals surface area (Å²) in [5.74, 6) is 0.474. The second-order valence-corrected chi connectivity index (χ2v) is 6.44. The van der Waals surface area contributed by atoms with Crippen molar-refractivity contribution >= 4 is 22.9 Å². The van der Waals surface area contributed by atoms with E-state index in [0.29, 0.717) is 17.1 Å². The van der Waals surface area contributed by atoms with Crippen LogP contribution in [0, 0.1) is 0 Å². The van der Waals surface area contributed by atoms with Crippen LogP contribution in [0.25, 0.3) is 22.4 Å². The second kappa shape index (κ2) is 7.28. The van der Waals surface area contributed by atoms with Crippen LogP contribution in [-0.4, -0.2) is 42.3 Å². The van der Waals surface area contributed by atoms with Gasteiger partial charge in [0.05, 0.1) is 18.1 Å². The Kier molecular flexibility index (Phi) is 4.62. The largest absolute Gasteiger partial charge is 0.496 e. The van der Waals surface area contributed by atoms with E-state index in [1.54, 1.807) is 19.2 Å². The Morgan fingerprint density at radius 2 is 1.83 bits per heavy atom. The molecule has 4 rings (SSSR count). The molecule has 0 aliphatic carbocycles. The van der Waals surface area contributed by atoms with Gasteiger partial charge in [-0.25, -0.2) is 9.78 Å². The molecular weight excluding hydrogens is 390 g/mol. The smallest absolute Gasteiger partial charge is 0.332 e. The average molecular weight is 407 g/mol. The van der Waals surface area contributed by atoms with Gasteiger partial charge in [0.1, 0.15) is 17.1 Å². The number of hydrogen-bond donors (Lipinski definition) is 2. The van der Waals surface area contributed by atoms with Crippen molar-refractivity contribution in [1.82, 2.24) is 29.3 Å².